The van der Waals surface area contributed by atoms with Crippen molar-refractivity contribution in [1.82, 2.24) is 9.78 Å². The van der Waals surface area contributed by atoms with E-state index in [1.165, 1.54) is 14.2 Å². The lowest BCUT2D eigenvalue weighted by atomic mass is 10.2. The Labute approximate surface area is 186 Å². The topological polar surface area (TPSA) is 101 Å². The number of carbonyl (C=O) groups excluding carboxylic acids is 1. The maximum absolute atomic E-state index is 13.7. The van der Waals surface area contributed by atoms with E-state index in [2.05, 4.69) is 34.8 Å². The summed E-state index contributed by atoms with van der Waals surface area (Å²) < 4.78 is 61.9. The minimum Gasteiger partial charge on any atom is -0.469 e. The first-order valence-corrected chi connectivity index (χ1v) is 13.7. The lowest BCUT2D eigenvalue weighted by Crippen LogP contribution is -2.36. The maximum Gasteiger partial charge on any atom is 0.423 e. The number of ether oxygens (including phenoxy) is 4. The molecule has 9 nitrogen and oxygen atoms in total. The van der Waals surface area contributed by atoms with Crippen LogP contribution in [0.1, 0.15) is 12.0 Å². The smallest absolute Gasteiger partial charge is 0.423 e. The Hall–Kier alpha value is -1.96. The summed E-state index contributed by atoms with van der Waals surface area (Å²) in [6.07, 6.45) is -3.98. The van der Waals surface area contributed by atoms with Gasteiger partial charge in [-0.25, -0.2) is 4.68 Å². The Balaban J connectivity index is 2.93. The van der Waals surface area contributed by atoms with Crippen molar-refractivity contribution >= 4 is 19.7 Å². The summed E-state index contributed by atoms with van der Waals surface area (Å²) in [6.45, 7) is 6.34. The number of alkyl halides is 3. The van der Waals surface area contributed by atoms with Crippen molar-refractivity contribution in [2.45, 2.75) is 51.1 Å². The molecule has 0 aliphatic heterocycles. The first kappa shape index (κ1) is 28.1. The second kappa shape index (κ2) is 12.9. The normalized spacial score (nSPS) is 13.1. The summed E-state index contributed by atoms with van der Waals surface area (Å²) in [6, 6.07) is 0.0890. The molecule has 0 unspecified atom stereocenters. The Morgan fingerprint density at radius 2 is 1.88 bits per heavy atom. The third-order valence-corrected chi connectivity index (χ3v) is 5.97. The molecule has 0 radical (unpaired) electrons. The fourth-order valence-electron chi connectivity index (χ4n) is 2.53. The first-order valence-electron chi connectivity index (χ1n) is 10.0. The van der Waals surface area contributed by atoms with Gasteiger partial charge in [0.1, 0.15) is 12.3 Å². The molecule has 1 N–H and O–H groups in total. The third kappa shape index (κ3) is 10.1. The number of hydrogen-bond donors (Lipinski definition) is 1. The van der Waals surface area contributed by atoms with Crippen molar-refractivity contribution in [2.24, 2.45) is 0 Å². The summed E-state index contributed by atoms with van der Waals surface area (Å²) in [5.74, 6) is -0.472. The molecule has 1 heterocycles. The molecule has 0 aliphatic carbocycles. The van der Waals surface area contributed by atoms with Gasteiger partial charge in [-0.2, -0.15) is 18.3 Å². The van der Waals surface area contributed by atoms with Crippen molar-refractivity contribution in [2.75, 3.05) is 46.0 Å². The van der Waals surface area contributed by atoms with E-state index in [4.69, 9.17) is 14.2 Å². The quantitative estimate of drug-likeness (QED) is 0.245. The van der Waals surface area contributed by atoms with Gasteiger partial charge >= 0.3 is 12.1 Å². The van der Waals surface area contributed by atoms with Crippen molar-refractivity contribution in [3.8, 4) is 0 Å². The van der Waals surface area contributed by atoms with Gasteiger partial charge < -0.3 is 24.3 Å². The fraction of sp³-hybridized carbons (Fsp3) is 0.737. The van der Waals surface area contributed by atoms with Gasteiger partial charge in [0, 0.05) is 21.8 Å². The van der Waals surface area contributed by atoms with Gasteiger partial charge in [-0.15, -0.1) is 0 Å². The van der Waals surface area contributed by atoms with Crippen molar-refractivity contribution in [3.63, 3.8) is 0 Å². The van der Waals surface area contributed by atoms with Crippen LogP contribution in [0.15, 0.2) is 11.0 Å². The molecule has 0 saturated heterocycles. The van der Waals surface area contributed by atoms with Crippen LogP contribution in [0.25, 0.3) is 0 Å². The summed E-state index contributed by atoms with van der Waals surface area (Å²) in [5, 5.41) is 6.43. The summed E-state index contributed by atoms with van der Waals surface area (Å²) in [5.41, 5.74) is -3.17. The Morgan fingerprint density at radius 3 is 2.44 bits per heavy atom. The Morgan fingerprint density at radius 1 is 1.19 bits per heavy atom. The van der Waals surface area contributed by atoms with Gasteiger partial charge in [-0.3, -0.25) is 9.59 Å². The maximum atomic E-state index is 13.7. The minimum atomic E-state index is -4.91. The lowest BCUT2D eigenvalue weighted by Gasteiger charge is -2.22. The molecule has 32 heavy (non-hydrogen) atoms. The number of halogens is 3. The molecule has 0 saturated carbocycles. The molecule has 13 heteroatoms. The molecule has 0 fully saturated rings. The van der Waals surface area contributed by atoms with Crippen LogP contribution in [0.4, 0.5) is 18.9 Å². The number of rotatable bonds is 14. The van der Waals surface area contributed by atoms with Crippen LogP contribution in [-0.2, 0) is 36.6 Å². The van der Waals surface area contributed by atoms with E-state index in [0.717, 1.165) is 12.2 Å². The molecule has 0 amide bonds. The molecule has 184 valence electrons. The average molecular weight is 484 g/mol. The molecule has 1 aromatic heterocycles. The zero-order chi connectivity index (χ0) is 24.4. The van der Waals surface area contributed by atoms with Gasteiger partial charge in [0.2, 0.25) is 0 Å². The number of hydrogen-bond acceptors (Lipinski definition) is 8. The van der Waals surface area contributed by atoms with Crippen LogP contribution < -0.4 is 10.9 Å². The van der Waals surface area contributed by atoms with Crippen LogP contribution in [0.3, 0.4) is 0 Å². The van der Waals surface area contributed by atoms with Crippen LogP contribution in [0.5, 0.6) is 0 Å². The lowest BCUT2D eigenvalue weighted by molar-refractivity contribution is -0.142. The van der Waals surface area contributed by atoms with Crippen LogP contribution in [0, 0.1) is 0 Å². The third-order valence-electron chi connectivity index (χ3n) is 4.26. The molecule has 0 aromatic carbocycles. The number of aromatic nitrogens is 2. The van der Waals surface area contributed by atoms with E-state index >= 15 is 0 Å². The van der Waals surface area contributed by atoms with Crippen LogP contribution in [0.2, 0.25) is 25.7 Å². The van der Waals surface area contributed by atoms with Gasteiger partial charge in [-0.05, 0) is 6.04 Å². The zero-order valence-electron chi connectivity index (χ0n) is 19.1. The highest BCUT2D eigenvalue weighted by Crippen LogP contribution is 2.32. The molecule has 0 aliphatic rings. The van der Waals surface area contributed by atoms with Crippen molar-refractivity contribution < 1.29 is 36.9 Å². The summed E-state index contributed by atoms with van der Waals surface area (Å²) in [7, 11) is 1.24. The Kier molecular flexibility index (Phi) is 11.3. The molecule has 1 rings (SSSR count). The van der Waals surface area contributed by atoms with E-state index in [1.54, 1.807) is 0 Å². The number of methoxy groups -OCH3 is 2. The van der Waals surface area contributed by atoms with E-state index in [1.807, 2.05) is 0 Å². The highest BCUT2D eigenvalue weighted by Gasteiger charge is 2.38. The van der Waals surface area contributed by atoms with E-state index in [-0.39, 0.29) is 33.0 Å². The van der Waals surface area contributed by atoms with Crippen LogP contribution >= 0.6 is 0 Å². The van der Waals surface area contributed by atoms with Gasteiger partial charge in [-0.1, -0.05) is 19.6 Å². The minimum absolute atomic E-state index is 0.000688. The van der Waals surface area contributed by atoms with E-state index < -0.39 is 43.1 Å². The summed E-state index contributed by atoms with van der Waals surface area (Å²) >= 11 is 0. The monoisotopic (exact) mass is 483 g/mol. The highest BCUT2D eigenvalue weighted by molar-refractivity contribution is 6.76. The number of nitrogens with zero attached hydrogens (tertiary/aromatic N) is 2. The molecule has 1 aromatic rings. The SMILES string of the molecule is COC[C@@H](COCCC(=O)OC)Nc1cnn(COCC[Si](C)(C)C)c(=O)c1C(F)(F)F. The van der Waals surface area contributed by atoms with Gasteiger partial charge in [0.15, 0.2) is 0 Å². The van der Waals surface area contributed by atoms with Gasteiger partial charge in [0.05, 0.1) is 51.3 Å². The van der Waals surface area contributed by atoms with E-state index in [0.29, 0.717) is 11.3 Å². The van der Waals surface area contributed by atoms with Gasteiger partial charge in [0.25, 0.3) is 5.56 Å². The van der Waals surface area contributed by atoms with Crippen LogP contribution in [-0.4, -0.2) is 70.5 Å². The fourth-order valence-corrected chi connectivity index (χ4v) is 3.29. The van der Waals surface area contributed by atoms with E-state index in [9.17, 15) is 22.8 Å². The zero-order valence-corrected chi connectivity index (χ0v) is 20.1. The average Bonchev–Trinajstić information content (AvgIpc) is 2.68. The number of esters is 1. The number of anilines is 1. The number of nitrogens with one attached hydrogen (secondary N) is 1. The molecule has 0 spiro atoms. The second-order valence-corrected chi connectivity index (χ2v) is 13.9. The molecular formula is C19H32F3N3O6Si. The predicted octanol–water partition coefficient (Wildman–Crippen LogP) is 2.58. The van der Waals surface area contributed by atoms with Crippen molar-refractivity contribution in [3.05, 3.63) is 22.1 Å². The standard InChI is InChI=1S/C19H32F3N3O6Si/c1-28-11-14(12-30-7-6-16(26)29-2)24-15-10-23-25(13-31-8-9-32(3,4)5)18(27)17(15)19(20,21)22/h10,14,24H,6-9,11-13H2,1-5H3/t14-/m0/s1. The first-order chi connectivity index (χ1) is 14.9. The molecule has 0 bridgehead atoms. The molecular weight excluding hydrogens is 451 g/mol. The summed E-state index contributed by atoms with van der Waals surface area (Å²) in [4.78, 5) is 23.6. The predicted molar refractivity (Wildman–Crippen MR) is 114 cm³/mol. The molecule has 1 atom stereocenters. The highest BCUT2D eigenvalue weighted by atomic mass is 28.3. The largest absolute Gasteiger partial charge is 0.469 e. The number of carbonyl (C=O) groups is 1. The second-order valence-electron chi connectivity index (χ2n) is 8.28. The van der Waals surface area contributed by atoms with Crippen molar-refractivity contribution in [1.29, 1.82) is 0 Å². The Bertz CT molecular complexity index is 783.